The molecule has 0 aromatic rings. The molecule has 0 aromatic heterocycles. The Morgan fingerprint density at radius 3 is 2.62 bits per heavy atom. The van der Waals surface area contributed by atoms with Crippen molar-refractivity contribution in [2.45, 2.75) is 17.8 Å². The van der Waals surface area contributed by atoms with E-state index in [1.165, 1.54) is 0 Å². The molecule has 1 fully saturated rings. The molecule has 0 bridgehead atoms. The Hall–Kier alpha value is 0.610. The van der Waals surface area contributed by atoms with Crippen LogP contribution in [0.2, 0.25) is 0 Å². The first-order valence-electron chi connectivity index (χ1n) is 3.79. The van der Waals surface area contributed by atoms with Gasteiger partial charge in [-0.2, -0.15) is 0 Å². The van der Waals surface area contributed by atoms with E-state index in [2.05, 4.69) is 0 Å². The molecule has 3 unspecified atom stereocenters. The Balaban J connectivity index is 0.000000845. The predicted octanol–water partition coefficient (Wildman–Crippen LogP) is -3.18. The van der Waals surface area contributed by atoms with E-state index in [4.69, 9.17) is 0 Å². The molecule has 0 aromatic carbocycles. The van der Waals surface area contributed by atoms with Crippen LogP contribution in [0.4, 0.5) is 0 Å². The van der Waals surface area contributed by atoms with Crippen LogP contribution >= 0.6 is 0 Å². The summed E-state index contributed by atoms with van der Waals surface area (Å²) in [7, 11) is -4.55. The van der Waals surface area contributed by atoms with Gasteiger partial charge in [0.05, 0.1) is 0 Å². The molecule has 1 saturated carbocycles. The van der Waals surface area contributed by atoms with Crippen molar-refractivity contribution < 1.29 is 47.6 Å². The van der Waals surface area contributed by atoms with Gasteiger partial charge in [0.1, 0.15) is 10.1 Å². The fourth-order valence-corrected chi connectivity index (χ4v) is 3.09. The quantitative estimate of drug-likeness (QED) is 0.282. The second-order valence-electron chi connectivity index (χ2n) is 3.44. The third-order valence-corrected chi connectivity index (χ3v) is 4.17. The molecule has 2 aliphatic carbocycles. The van der Waals surface area contributed by atoms with Gasteiger partial charge in [-0.05, 0) is 18.8 Å². The molecule has 68 valence electrons. The zero-order chi connectivity index (χ0) is 8.98. The normalized spacial score (nSPS) is 42.0. The number of aliphatic hydroxyl groups is 1. The summed E-state index contributed by atoms with van der Waals surface area (Å²) in [5.41, 5.74) is 0. The number of hydrogen-bond donors (Lipinski definition) is 1. The molecule has 0 heterocycles. The van der Waals surface area contributed by atoms with Crippen LogP contribution in [0.15, 0.2) is 12.2 Å². The van der Waals surface area contributed by atoms with Gasteiger partial charge in [0.15, 0.2) is 4.93 Å². The summed E-state index contributed by atoms with van der Waals surface area (Å²) in [5.74, 6) is -0.293. The SMILES string of the molecule is O=S(=O)([O-])C1(O)CC2C=CCC21.[Na+]. The van der Waals surface area contributed by atoms with Crippen LogP contribution in [0.1, 0.15) is 12.8 Å². The number of rotatable bonds is 1. The average molecular weight is 212 g/mol. The van der Waals surface area contributed by atoms with Gasteiger partial charge >= 0.3 is 29.6 Å². The van der Waals surface area contributed by atoms with E-state index in [-0.39, 0.29) is 47.8 Å². The number of allylic oxidation sites excluding steroid dienone is 2. The summed E-state index contributed by atoms with van der Waals surface area (Å²) >= 11 is 0. The van der Waals surface area contributed by atoms with Gasteiger partial charge in [0.2, 0.25) is 0 Å². The molecule has 0 aliphatic heterocycles. The molecule has 2 rings (SSSR count). The van der Waals surface area contributed by atoms with Crippen LogP contribution in [0.3, 0.4) is 0 Å². The molecule has 0 saturated heterocycles. The van der Waals surface area contributed by atoms with Gasteiger partial charge in [0.25, 0.3) is 0 Å². The van der Waals surface area contributed by atoms with Crippen molar-refractivity contribution in [3.05, 3.63) is 12.2 Å². The minimum Gasteiger partial charge on any atom is -0.746 e. The van der Waals surface area contributed by atoms with E-state index in [0.717, 1.165) is 0 Å². The summed E-state index contributed by atoms with van der Waals surface area (Å²) < 4.78 is 31.9. The van der Waals surface area contributed by atoms with Crippen molar-refractivity contribution in [2.75, 3.05) is 0 Å². The Labute approximate surface area is 99.1 Å². The fourth-order valence-electron chi connectivity index (χ4n) is 2.05. The topological polar surface area (TPSA) is 77.4 Å². The standard InChI is InChI=1S/C7H10O4S.Na/c8-7(12(9,10)11)4-5-2-1-3-6(5)7;/h1-2,5-6,8H,3-4H2,(H,9,10,11);/q;+1/p-1. The molecular formula is C7H9NaO4S. The van der Waals surface area contributed by atoms with Gasteiger partial charge < -0.3 is 9.66 Å². The van der Waals surface area contributed by atoms with Crippen LogP contribution in [0.25, 0.3) is 0 Å². The monoisotopic (exact) mass is 212 g/mol. The molecule has 2 aliphatic rings. The first-order valence-corrected chi connectivity index (χ1v) is 5.20. The molecule has 4 nitrogen and oxygen atoms in total. The first kappa shape index (κ1) is 11.7. The third-order valence-electron chi connectivity index (χ3n) is 2.83. The maximum absolute atomic E-state index is 10.6. The van der Waals surface area contributed by atoms with Crippen molar-refractivity contribution in [3.8, 4) is 0 Å². The Kier molecular flexibility index (Phi) is 2.99. The molecule has 6 heteroatoms. The predicted molar refractivity (Wildman–Crippen MR) is 40.0 cm³/mol. The molecule has 0 radical (unpaired) electrons. The summed E-state index contributed by atoms with van der Waals surface area (Å²) in [6, 6.07) is 0. The molecule has 0 spiro atoms. The molecule has 13 heavy (non-hydrogen) atoms. The molecule has 3 atom stereocenters. The number of fused-ring (bicyclic) bond motifs is 1. The van der Waals surface area contributed by atoms with E-state index in [1.54, 1.807) is 0 Å². The summed E-state index contributed by atoms with van der Waals surface area (Å²) in [6.45, 7) is 0. The van der Waals surface area contributed by atoms with E-state index < -0.39 is 15.1 Å². The smallest absolute Gasteiger partial charge is 0.746 e. The maximum Gasteiger partial charge on any atom is 1.00 e. The van der Waals surface area contributed by atoms with E-state index in [0.29, 0.717) is 6.42 Å². The minimum atomic E-state index is -4.55. The van der Waals surface area contributed by atoms with Crippen molar-refractivity contribution in [1.82, 2.24) is 0 Å². The minimum absolute atomic E-state index is 0. The van der Waals surface area contributed by atoms with Gasteiger partial charge in [-0.25, -0.2) is 8.42 Å². The fraction of sp³-hybridized carbons (Fsp3) is 0.714. The average Bonchev–Trinajstić information content (AvgIpc) is 2.27. The first-order chi connectivity index (χ1) is 5.45. The van der Waals surface area contributed by atoms with E-state index >= 15 is 0 Å². The van der Waals surface area contributed by atoms with Crippen molar-refractivity contribution >= 4 is 10.1 Å². The van der Waals surface area contributed by atoms with Crippen LogP contribution in [0, 0.1) is 11.8 Å². The van der Waals surface area contributed by atoms with Gasteiger partial charge in [-0.15, -0.1) is 0 Å². The second-order valence-corrected chi connectivity index (χ2v) is 5.05. The Morgan fingerprint density at radius 2 is 2.15 bits per heavy atom. The van der Waals surface area contributed by atoms with E-state index in [1.807, 2.05) is 12.2 Å². The van der Waals surface area contributed by atoms with Crippen molar-refractivity contribution in [3.63, 3.8) is 0 Å². The van der Waals surface area contributed by atoms with Gasteiger partial charge in [-0.3, -0.25) is 0 Å². The zero-order valence-electron chi connectivity index (χ0n) is 7.30. The largest absolute Gasteiger partial charge is 1.00 e. The van der Waals surface area contributed by atoms with Crippen molar-refractivity contribution in [2.24, 2.45) is 11.8 Å². The Bertz CT molecular complexity index is 336. The molecule has 0 amide bonds. The van der Waals surface area contributed by atoms with Crippen LogP contribution in [0.5, 0.6) is 0 Å². The molecular weight excluding hydrogens is 203 g/mol. The maximum atomic E-state index is 10.6. The Morgan fingerprint density at radius 1 is 1.54 bits per heavy atom. The number of hydrogen-bond acceptors (Lipinski definition) is 4. The summed E-state index contributed by atoms with van der Waals surface area (Å²) in [4.78, 5) is -1.98. The zero-order valence-corrected chi connectivity index (χ0v) is 10.1. The third kappa shape index (κ3) is 1.52. The molecule has 1 N–H and O–H groups in total. The van der Waals surface area contributed by atoms with Crippen LogP contribution in [-0.2, 0) is 10.1 Å². The summed E-state index contributed by atoms with van der Waals surface area (Å²) in [6.07, 6.45) is 4.26. The van der Waals surface area contributed by atoms with E-state index in [9.17, 15) is 18.1 Å². The van der Waals surface area contributed by atoms with Crippen molar-refractivity contribution in [1.29, 1.82) is 0 Å². The van der Waals surface area contributed by atoms with Gasteiger partial charge in [0, 0.05) is 5.92 Å². The second kappa shape index (κ2) is 3.32. The summed E-state index contributed by atoms with van der Waals surface area (Å²) in [5, 5.41) is 9.48. The van der Waals surface area contributed by atoms with Crippen LogP contribution < -0.4 is 29.6 Å². The van der Waals surface area contributed by atoms with Gasteiger partial charge in [-0.1, -0.05) is 12.2 Å². The van der Waals surface area contributed by atoms with Crippen LogP contribution in [-0.4, -0.2) is 23.0 Å².